The molecule has 0 atom stereocenters. The van der Waals surface area contributed by atoms with Crippen LogP contribution < -0.4 is 4.74 Å². The van der Waals surface area contributed by atoms with E-state index < -0.39 is 6.29 Å². The van der Waals surface area contributed by atoms with Gasteiger partial charge in [0, 0.05) is 17.1 Å². The summed E-state index contributed by atoms with van der Waals surface area (Å²) in [7, 11) is 1.59. The summed E-state index contributed by atoms with van der Waals surface area (Å²) in [5.74, 6) is 0.650. The molecule has 0 N–H and O–H groups in total. The average molecular weight is 306 g/mol. The Labute approximate surface area is 126 Å². The molecule has 1 aliphatic heterocycles. The molecule has 1 aromatic carbocycles. The van der Waals surface area contributed by atoms with E-state index in [1.165, 1.54) is 17.9 Å². The van der Waals surface area contributed by atoms with Crippen LogP contribution in [0, 0.1) is 0 Å². The molecule has 2 aromatic rings. The van der Waals surface area contributed by atoms with Crippen LogP contribution in [0.4, 0.5) is 0 Å². The van der Waals surface area contributed by atoms with Crippen LogP contribution in [0.1, 0.15) is 5.56 Å². The number of ether oxygens (including phenoxy) is 4. The van der Waals surface area contributed by atoms with Crippen molar-refractivity contribution in [3.8, 4) is 10.9 Å². The highest BCUT2D eigenvalue weighted by atomic mass is 32.1. The molecule has 0 aliphatic carbocycles. The molecule has 0 radical (unpaired) electrons. The van der Waals surface area contributed by atoms with Crippen LogP contribution >= 0.6 is 11.5 Å². The van der Waals surface area contributed by atoms with Crippen molar-refractivity contribution in [3.63, 3.8) is 0 Å². The van der Waals surface area contributed by atoms with Crippen LogP contribution in [0.3, 0.4) is 0 Å². The molecule has 6 nitrogen and oxygen atoms in total. The molecular weight excluding hydrogens is 292 g/mol. The van der Waals surface area contributed by atoms with E-state index in [2.05, 4.69) is 9.36 Å². The van der Waals surface area contributed by atoms with Gasteiger partial charge in [-0.05, 0) is 6.07 Å². The van der Waals surface area contributed by atoms with Gasteiger partial charge in [-0.25, -0.2) is 0 Å². The van der Waals surface area contributed by atoms with Gasteiger partial charge in [-0.3, -0.25) is 0 Å². The van der Waals surface area contributed by atoms with Gasteiger partial charge in [0.2, 0.25) is 0 Å². The number of methoxy groups -OCH3 is 1. The van der Waals surface area contributed by atoms with Crippen LogP contribution in [-0.2, 0) is 14.2 Å². The van der Waals surface area contributed by atoms with E-state index in [-0.39, 0.29) is 0 Å². The van der Waals surface area contributed by atoms with Gasteiger partial charge in [0.1, 0.15) is 12.1 Å². The predicted molar refractivity (Wildman–Crippen MR) is 77.1 cm³/mol. The molecular formula is C14H14N2O4S. The molecule has 110 valence electrons. The summed E-state index contributed by atoms with van der Waals surface area (Å²) in [5.41, 5.74) is 1.61. The topological polar surface area (TPSA) is 62.7 Å². The lowest BCUT2D eigenvalue weighted by molar-refractivity contribution is 0.00552. The maximum Gasteiger partial charge on any atom is 0.298 e. The maximum absolute atomic E-state index is 5.77. The van der Waals surface area contributed by atoms with Crippen LogP contribution in [-0.4, -0.2) is 36.0 Å². The molecule has 0 amide bonds. The van der Waals surface area contributed by atoms with Crippen LogP contribution in [0.25, 0.3) is 5.57 Å². The summed E-state index contributed by atoms with van der Waals surface area (Å²) in [6.45, 7) is 1.12. The quantitative estimate of drug-likeness (QED) is 0.791. The molecule has 0 saturated carbocycles. The zero-order valence-electron chi connectivity index (χ0n) is 11.4. The second kappa shape index (κ2) is 6.66. The van der Waals surface area contributed by atoms with Gasteiger partial charge in [0.05, 0.1) is 32.2 Å². The van der Waals surface area contributed by atoms with Crippen molar-refractivity contribution < 1.29 is 18.9 Å². The third-order valence-electron chi connectivity index (χ3n) is 2.86. The lowest BCUT2D eigenvalue weighted by Gasteiger charge is -2.16. The highest BCUT2D eigenvalue weighted by Crippen LogP contribution is 2.34. The number of hydrogen-bond donors (Lipinski definition) is 0. The average Bonchev–Trinajstić information content (AvgIpc) is 3.19. The monoisotopic (exact) mass is 306 g/mol. The summed E-state index contributed by atoms with van der Waals surface area (Å²) in [6, 6.07) is 7.59. The fourth-order valence-electron chi connectivity index (χ4n) is 2.01. The predicted octanol–water partition coefficient (Wildman–Crippen LogP) is 2.69. The van der Waals surface area contributed by atoms with Gasteiger partial charge in [-0.1, -0.05) is 18.2 Å². The number of benzene rings is 1. The third-order valence-corrected chi connectivity index (χ3v) is 3.40. The summed E-state index contributed by atoms with van der Waals surface area (Å²) < 4.78 is 26.0. The number of nitrogens with zero attached hydrogens (tertiary/aromatic N) is 2. The Hall–Kier alpha value is -1.96. The van der Waals surface area contributed by atoms with Gasteiger partial charge in [0.25, 0.3) is 5.19 Å². The van der Waals surface area contributed by atoms with E-state index in [1.807, 2.05) is 24.3 Å². The van der Waals surface area contributed by atoms with E-state index in [1.54, 1.807) is 13.4 Å². The van der Waals surface area contributed by atoms with E-state index in [0.29, 0.717) is 24.2 Å². The minimum Gasteiger partial charge on any atom is -0.504 e. The molecule has 1 aliphatic rings. The maximum atomic E-state index is 5.77. The normalized spacial score (nSPS) is 16.1. The number of aromatic nitrogens is 2. The van der Waals surface area contributed by atoms with E-state index in [4.69, 9.17) is 18.9 Å². The highest BCUT2D eigenvalue weighted by Gasteiger charge is 2.25. The standard InChI is InChI=1S/C14H14N2O4S/c1-17-8-11(13-18-6-7-19-13)10-4-2-3-5-12(10)20-14-15-9-16-21-14/h2-5,8-9,13H,6-7H2,1H3/b11-8+. The Balaban J connectivity index is 1.93. The second-order valence-corrected chi connectivity index (χ2v) is 4.93. The van der Waals surface area contributed by atoms with Gasteiger partial charge < -0.3 is 18.9 Å². The van der Waals surface area contributed by atoms with Crippen LogP contribution in [0.2, 0.25) is 0 Å². The highest BCUT2D eigenvalue weighted by molar-refractivity contribution is 7.07. The molecule has 1 saturated heterocycles. The Kier molecular flexibility index (Phi) is 4.44. The summed E-state index contributed by atoms with van der Waals surface area (Å²) >= 11 is 1.19. The van der Waals surface area contributed by atoms with Crippen molar-refractivity contribution in [3.05, 3.63) is 42.4 Å². The van der Waals surface area contributed by atoms with Crippen molar-refractivity contribution in [2.75, 3.05) is 20.3 Å². The van der Waals surface area contributed by atoms with Crippen LogP contribution in [0.5, 0.6) is 10.9 Å². The molecule has 0 bridgehead atoms. The molecule has 21 heavy (non-hydrogen) atoms. The smallest absolute Gasteiger partial charge is 0.298 e. The Bertz CT molecular complexity index is 609. The lowest BCUT2D eigenvalue weighted by atomic mass is 10.1. The first-order valence-electron chi connectivity index (χ1n) is 6.38. The van der Waals surface area contributed by atoms with Crippen molar-refractivity contribution in [2.45, 2.75) is 6.29 Å². The summed E-state index contributed by atoms with van der Waals surface area (Å²) in [6.07, 6.45) is 2.61. The van der Waals surface area contributed by atoms with Gasteiger partial charge >= 0.3 is 0 Å². The zero-order valence-corrected chi connectivity index (χ0v) is 12.2. The molecule has 2 heterocycles. The molecule has 1 aromatic heterocycles. The Morgan fingerprint density at radius 1 is 1.33 bits per heavy atom. The van der Waals surface area contributed by atoms with Crippen molar-refractivity contribution >= 4 is 17.1 Å². The minimum atomic E-state index is -0.455. The lowest BCUT2D eigenvalue weighted by Crippen LogP contribution is -2.11. The Morgan fingerprint density at radius 3 is 2.86 bits per heavy atom. The summed E-state index contributed by atoms with van der Waals surface area (Å²) in [4.78, 5) is 4.03. The van der Waals surface area contributed by atoms with Crippen molar-refractivity contribution in [2.24, 2.45) is 0 Å². The number of rotatable bonds is 5. The number of para-hydroxylation sites is 1. The third kappa shape index (κ3) is 3.21. The van der Waals surface area contributed by atoms with E-state index >= 15 is 0 Å². The zero-order chi connectivity index (χ0) is 14.5. The molecule has 7 heteroatoms. The van der Waals surface area contributed by atoms with Gasteiger partial charge in [-0.2, -0.15) is 9.36 Å². The minimum absolute atomic E-state index is 0.455. The Morgan fingerprint density at radius 2 is 2.14 bits per heavy atom. The second-order valence-electron chi connectivity index (χ2n) is 4.19. The first-order valence-corrected chi connectivity index (χ1v) is 7.16. The summed E-state index contributed by atoms with van der Waals surface area (Å²) in [5, 5.41) is 0.479. The number of hydrogen-bond acceptors (Lipinski definition) is 7. The molecule has 1 fully saturated rings. The van der Waals surface area contributed by atoms with E-state index in [0.717, 1.165) is 11.1 Å². The fourth-order valence-corrected chi connectivity index (χ4v) is 2.41. The molecule has 0 spiro atoms. The van der Waals surface area contributed by atoms with Gasteiger partial charge in [-0.15, -0.1) is 0 Å². The van der Waals surface area contributed by atoms with Crippen molar-refractivity contribution in [1.29, 1.82) is 0 Å². The van der Waals surface area contributed by atoms with Gasteiger partial charge in [0.15, 0.2) is 6.29 Å². The largest absolute Gasteiger partial charge is 0.504 e. The molecule has 3 rings (SSSR count). The van der Waals surface area contributed by atoms with Crippen molar-refractivity contribution in [1.82, 2.24) is 9.36 Å². The fraction of sp³-hybridized carbons (Fsp3) is 0.286. The van der Waals surface area contributed by atoms with E-state index in [9.17, 15) is 0 Å². The van der Waals surface area contributed by atoms with Crippen LogP contribution in [0.15, 0.2) is 36.9 Å². The first-order chi connectivity index (χ1) is 10.4. The molecule has 0 unspecified atom stereocenters. The SMILES string of the molecule is CO/C=C(\c1ccccc1Oc1ncns1)C1OCCO1. The first kappa shape index (κ1) is 14.0.